The minimum Gasteiger partial charge on any atom is -0.471 e. The fourth-order valence-corrected chi connectivity index (χ4v) is 6.10. The summed E-state index contributed by atoms with van der Waals surface area (Å²) in [7, 11) is -3.55. The van der Waals surface area contributed by atoms with Crippen LogP contribution in [0.2, 0.25) is 0 Å². The maximum atomic E-state index is 14.1. The molecule has 0 radical (unpaired) electrons. The Morgan fingerprint density at radius 3 is 2.92 bits per heavy atom. The van der Waals surface area contributed by atoms with Gasteiger partial charge in [-0.05, 0) is 40.9 Å². The minimum atomic E-state index is -3.55. The van der Waals surface area contributed by atoms with E-state index in [0.717, 1.165) is 15.1 Å². The quantitative estimate of drug-likeness (QED) is 0.721. The topological polar surface area (TPSA) is 72.4 Å². The van der Waals surface area contributed by atoms with Crippen LogP contribution in [-0.4, -0.2) is 41.9 Å². The standard InChI is InChI=1S/C14H15BrFN3O3S2/c1-2-10-13(16)14(18-8-17-10)22-9-5-6-19(7-9)24(20,21)12-4-3-11(15)23-12/h3-4,8-9H,2,5-7H2,1H3. The van der Waals surface area contributed by atoms with E-state index in [2.05, 4.69) is 25.9 Å². The Morgan fingerprint density at radius 1 is 1.46 bits per heavy atom. The number of halogens is 2. The fourth-order valence-electron chi connectivity index (χ4n) is 2.45. The van der Waals surface area contributed by atoms with Crippen molar-refractivity contribution in [3.63, 3.8) is 0 Å². The van der Waals surface area contributed by atoms with E-state index < -0.39 is 21.9 Å². The molecule has 0 amide bonds. The van der Waals surface area contributed by atoms with E-state index in [1.807, 2.05) is 0 Å². The zero-order chi connectivity index (χ0) is 17.3. The third kappa shape index (κ3) is 3.46. The van der Waals surface area contributed by atoms with Crippen LogP contribution in [0.5, 0.6) is 5.88 Å². The Balaban J connectivity index is 1.72. The molecule has 2 aromatic heterocycles. The summed E-state index contributed by atoms with van der Waals surface area (Å²) in [4.78, 5) is 7.67. The molecule has 0 aliphatic carbocycles. The van der Waals surface area contributed by atoms with E-state index in [9.17, 15) is 12.8 Å². The van der Waals surface area contributed by atoms with E-state index in [1.165, 1.54) is 10.6 Å². The lowest BCUT2D eigenvalue weighted by Crippen LogP contribution is -2.30. The van der Waals surface area contributed by atoms with E-state index in [-0.39, 0.29) is 22.3 Å². The van der Waals surface area contributed by atoms with Gasteiger partial charge in [-0.2, -0.15) is 13.7 Å². The average molecular weight is 436 g/mol. The van der Waals surface area contributed by atoms with Gasteiger partial charge in [0.25, 0.3) is 15.9 Å². The van der Waals surface area contributed by atoms with E-state index in [0.29, 0.717) is 19.4 Å². The number of thiophene rings is 1. The molecule has 0 N–H and O–H groups in total. The number of rotatable bonds is 5. The molecule has 10 heteroatoms. The van der Waals surface area contributed by atoms with Gasteiger partial charge in [0.1, 0.15) is 16.6 Å². The number of hydrogen-bond donors (Lipinski definition) is 0. The largest absolute Gasteiger partial charge is 0.471 e. The molecule has 1 fully saturated rings. The van der Waals surface area contributed by atoms with Gasteiger partial charge in [0, 0.05) is 6.54 Å². The summed E-state index contributed by atoms with van der Waals surface area (Å²) in [5.74, 6) is -0.700. The van der Waals surface area contributed by atoms with Crippen LogP contribution in [0, 0.1) is 5.82 Å². The first-order chi connectivity index (χ1) is 11.4. The van der Waals surface area contributed by atoms with Gasteiger partial charge in [0.15, 0.2) is 0 Å². The van der Waals surface area contributed by atoms with Gasteiger partial charge in [-0.3, -0.25) is 0 Å². The second-order valence-electron chi connectivity index (χ2n) is 5.24. The van der Waals surface area contributed by atoms with Crippen molar-refractivity contribution in [1.82, 2.24) is 14.3 Å². The first-order valence-corrected chi connectivity index (χ1v) is 10.4. The molecule has 1 atom stereocenters. The Morgan fingerprint density at radius 2 is 2.25 bits per heavy atom. The number of hydrogen-bond acceptors (Lipinski definition) is 6. The summed E-state index contributed by atoms with van der Waals surface area (Å²) in [5.41, 5.74) is 0.283. The first kappa shape index (κ1) is 17.7. The monoisotopic (exact) mass is 435 g/mol. The zero-order valence-electron chi connectivity index (χ0n) is 12.8. The van der Waals surface area contributed by atoms with Gasteiger partial charge in [-0.25, -0.2) is 13.4 Å². The summed E-state index contributed by atoms with van der Waals surface area (Å²) < 4.78 is 47.2. The van der Waals surface area contributed by atoms with Gasteiger partial charge < -0.3 is 4.74 Å². The molecule has 0 aromatic carbocycles. The molecule has 1 aliphatic heterocycles. The third-order valence-corrected chi connectivity index (χ3v) is 7.65. The van der Waals surface area contributed by atoms with Gasteiger partial charge in [-0.1, -0.05) is 6.92 Å². The van der Waals surface area contributed by atoms with Gasteiger partial charge in [-0.15, -0.1) is 11.3 Å². The van der Waals surface area contributed by atoms with Crippen molar-refractivity contribution in [1.29, 1.82) is 0 Å². The van der Waals surface area contributed by atoms with Crippen LogP contribution >= 0.6 is 27.3 Å². The maximum absolute atomic E-state index is 14.1. The summed E-state index contributed by atoms with van der Waals surface area (Å²) >= 11 is 4.43. The van der Waals surface area contributed by atoms with Gasteiger partial charge >= 0.3 is 0 Å². The Hall–Kier alpha value is -1.10. The molecule has 130 valence electrons. The average Bonchev–Trinajstić information content (AvgIpc) is 3.19. The van der Waals surface area contributed by atoms with Crippen LogP contribution < -0.4 is 4.74 Å². The van der Waals surface area contributed by atoms with Crippen LogP contribution in [0.3, 0.4) is 0 Å². The molecule has 3 rings (SSSR count). The molecular formula is C14H15BrFN3O3S2. The van der Waals surface area contributed by atoms with Crippen molar-refractivity contribution in [3.05, 3.63) is 33.8 Å². The van der Waals surface area contributed by atoms with Crippen molar-refractivity contribution in [2.24, 2.45) is 0 Å². The third-order valence-electron chi connectivity index (χ3n) is 3.69. The van der Waals surface area contributed by atoms with Gasteiger partial charge in [0.2, 0.25) is 5.82 Å². The highest BCUT2D eigenvalue weighted by Gasteiger charge is 2.35. The fraction of sp³-hybridized carbons (Fsp3) is 0.429. The van der Waals surface area contributed by atoms with Crippen molar-refractivity contribution in [2.75, 3.05) is 13.1 Å². The zero-order valence-corrected chi connectivity index (χ0v) is 16.0. The molecule has 1 unspecified atom stereocenters. The van der Waals surface area contributed by atoms with E-state index in [1.54, 1.807) is 19.1 Å². The van der Waals surface area contributed by atoms with E-state index >= 15 is 0 Å². The van der Waals surface area contributed by atoms with E-state index in [4.69, 9.17) is 4.74 Å². The Labute approximate surface area is 151 Å². The Bertz CT molecular complexity index is 844. The summed E-state index contributed by atoms with van der Waals surface area (Å²) in [6, 6.07) is 3.26. The van der Waals surface area contributed by atoms with Crippen LogP contribution in [0.15, 0.2) is 26.5 Å². The second kappa shape index (κ2) is 7.03. The SMILES string of the molecule is CCc1ncnc(OC2CCN(S(=O)(=O)c3ccc(Br)s3)C2)c1F. The lowest BCUT2D eigenvalue weighted by Gasteiger charge is -2.16. The summed E-state index contributed by atoms with van der Waals surface area (Å²) in [6.07, 6.45) is 1.74. The van der Waals surface area contributed by atoms with Crippen LogP contribution in [-0.2, 0) is 16.4 Å². The number of sulfonamides is 1. The van der Waals surface area contributed by atoms with Crippen molar-refractivity contribution >= 4 is 37.3 Å². The molecule has 1 aliphatic rings. The number of ether oxygens (including phenoxy) is 1. The van der Waals surface area contributed by atoms with Crippen LogP contribution in [0.1, 0.15) is 19.0 Å². The lowest BCUT2D eigenvalue weighted by molar-refractivity contribution is 0.195. The van der Waals surface area contributed by atoms with Crippen molar-refractivity contribution < 1.29 is 17.5 Å². The van der Waals surface area contributed by atoms with Gasteiger partial charge in [0.05, 0.1) is 16.0 Å². The van der Waals surface area contributed by atoms with Crippen molar-refractivity contribution in [3.8, 4) is 5.88 Å². The normalized spacial score (nSPS) is 18.9. The molecule has 0 saturated carbocycles. The highest BCUT2D eigenvalue weighted by atomic mass is 79.9. The van der Waals surface area contributed by atoms with Crippen LogP contribution in [0.25, 0.3) is 0 Å². The first-order valence-electron chi connectivity index (χ1n) is 7.33. The maximum Gasteiger partial charge on any atom is 0.254 e. The molecule has 3 heterocycles. The molecule has 0 bridgehead atoms. The minimum absolute atomic E-state index is 0.120. The number of nitrogens with zero attached hydrogens (tertiary/aromatic N) is 3. The van der Waals surface area contributed by atoms with Crippen LogP contribution in [0.4, 0.5) is 4.39 Å². The highest BCUT2D eigenvalue weighted by molar-refractivity contribution is 9.11. The molecule has 0 spiro atoms. The summed E-state index contributed by atoms with van der Waals surface area (Å²) in [6.45, 7) is 2.29. The number of aromatic nitrogens is 2. The lowest BCUT2D eigenvalue weighted by atomic mass is 10.3. The smallest absolute Gasteiger partial charge is 0.254 e. The molecule has 6 nitrogen and oxygen atoms in total. The molecule has 2 aromatic rings. The predicted octanol–water partition coefficient (Wildman–Crippen LogP) is 2.84. The Kier molecular flexibility index (Phi) is 5.19. The van der Waals surface area contributed by atoms with Crippen molar-refractivity contribution in [2.45, 2.75) is 30.1 Å². The highest BCUT2D eigenvalue weighted by Crippen LogP contribution is 2.31. The predicted molar refractivity (Wildman–Crippen MR) is 91.2 cm³/mol. The second-order valence-corrected chi connectivity index (χ2v) is 9.87. The molecule has 1 saturated heterocycles. The molecule has 24 heavy (non-hydrogen) atoms. The molecular weight excluding hydrogens is 421 g/mol. The summed E-state index contributed by atoms with van der Waals surface area (Å²) in [5, 5.41) is 0. The number of aryl methyl sites for hydroxylation is 1.